The summed E-state index contributed by atoms with van der Waals surface area (Å²) in [5.74, 6) is -0.811. The fraction of sp³-hybridized carbons (Fsp3) is 0.400. The molecule has 0 aliphatic carbocycles. The van der Waals surface area contributed by atoms with Gasteiger partial charge in [0.15, 0.2) is 0 Å². The van der Waals surface area contributed by atoms with E-state index in [1.807, 2.05) is 0 Å². The van der Waals surface area contributed by atoms with Crippen LogP contribution in [0.15, 0.2) is 23.1 Å². The quantitative estimate of drug-likeness (QED) is 0.438. The number of alkyl halides is 4. The molecular formula is C10H9BrF4S. The summed E-state index contributed by atoms with van der Waals surface area (Å²) in [4.78, 5) is -0.380. The van der Waals surface area contributed by atoms with Gasteiger partial charge in [0, 0.05) is 5.33 Å². The lowest BCUT2D eigenvalue weighted by atomic mass is 10.1. The van der Waals surface area contributed by atoms with Crippen molar-refractivity contribution in [3.8, 4) is 0 Å². The van der Waals surface area contributed by atoms with Crippen LogP contribution in [0.5, 0.6) is 0 Å². The van der Waals surface area contributed by atoms with Crippen LogP contribution in [0.3, 0.4) is 0 Å². The topological polar surface area (TPSA) is 0 Å². The van der Waals surface area contributed by atoms with Gasteiger partial charge in [-0.15, -0.1) is 0 Å². The van der Waals surface area contributed by atoms with E-state index in [1.54, 1.807) is 0 Å². The van der Waals surface area contributed by atoms with Gasteiger partial charge in [0.25, 0.3) is 0 Å². The van der Waals surface area contributed by atoms with Crippen LogP contribution in [0.4, 0.5) is 17.6 Å². The Kier molecular flexibility index (Phi) is 5.11. The van der Waals surface area contributed by atoms with Crippen molar-refractivity contribution in [2.24, 2.45) is 0 Å². The lowest BCUT2D eigenvalue weighted by Crippen LogP contribution is -2.00. The average Bonchev–Trinajstić information content (AvgIpc) is 2.17. The number of halogens is 5. The van der Waals surface area contributed by atoms with E-state index in [0.717, 1.165) is 17.8 Å². The highest BCUT2D eigenvalue weighted by atomic mass is 79.9. The minimum absolute atomic E-state index is 0.380. The summed E-state index contributed by atoms with van der Waals surface area (Å²) in [6.45, 7) is 0. The highest BCUT2D eigenvalue weighted by Crippen LogP contribution is 2.38. The molecular weight excluding hydrogens is 308 g/mol. The standard InChI is InChI=1S/C10H9BrF4S/c11-5-1-2-7-3-4-9(8(12)6-7)16-10(13,14)15/h3-4,6H,1-2,5H2. The van der Waals surface area contributed by atoms with Gasteiger partial charge >= 0.3 is 5.51 Å². The van der Waals surface area contributed by atoms with Crippen molar-refractivity contribution in [2.75, 3.05) is 5.33 Å². The molecule has 6 heteroatoms. The minimum atomic E-state index is -4.45. The Balaban J connectivity index is 2.75. The van der Waals surface area contributed by atoms with Crippen molar-refractivity contribution in [3.63, 3.8) is 0 Å². The Morgan fingerprint density at radius 3 is 2.44 bits per heavy atom. The van der Waals surface area contributed by atoms with Crippen LogP contribution >= 0.6 is 27.7 Å². The van der Waals surface area contributed by atoms with Crippen LogP contribution in [-0.4, -0.2) is 10.8 Å². The predicted molar refractivity (Wildman–Crippen MR) is 60.4 cm³/mol. The van der Waals surface area contributed by atoms with E-state index in [1.165, 1.54) is 12.1 Å². The molecule has 0 atom stereocenters. The van der Waals surface area contributed by atoms with Crippen LogP contribution in [-0.2, 0) is 6.42 Å². The summed E-state index contributed by atoms with van der Waals surface area (Å²) in [5, 5.41) is 0.785. The van der Waals surface area contributed by atoms with Crippen LogP contribution in [0.2, 0.25) is 0 Å². The van der Waals surface area contributed by atoms with Crippen LogP contribution in [0.25, 0.3) is 0 Å². The summed E-state index contributed by atoms with van der Waals surface area (Å²) in [5.41, 5.74) is -3.73. The van der Waals surface area contributed by atoms with Crippen LogP contribution in [0.1, 0.15) is 12.0 Å². The van der Waals surface area contributed by atoms with E-state index in [9.17, 15) is 17.6 Å². The monoisotopic (exact) mass is 316 g/mol. The van der Waals surface area contributed by atoms with E-state index in [0.29, 0.717) is 12.0 Å². The zero-order valence-electron chi connectivity index (χ0n) is 8.15. The molecule has 0 N–H and O–H groups in total. The Morgan fingerprint density at radius 2 is 1.94 bits per heavy atom. The number of hydrogen-bond donors (Lipinski definition) is 0. The van der Waals surface area contributed by atoms with Gasteiger partial charge in [0.05, 0.1) is 4.90 Å². The molecule has 0 nitrogen and oxygen atoms in total. The molecule has 0 saturated carbocycles. The molecule has 90 valence electrons. The van der Waals surface area contributed by atoms with Gasteiger partial charge in [-0.2, -0.15) is 13.2 Å². The average molecular weight is 317 g/mol. The number of thioether (sulfide) groups is 1. The molecule has 0 radical (unpaired) electrons. The van der Waals surface area contributed by atoms with Gasteiger partial charge in [-0.25, -0.2) is 4.39 Å². The van der Waals surface area contributed by atoms with Crippen LogP contribution in [0, 0.1) is 5.82 Å². The lowest BCUT2D eigenvalue weighted by Gasteiger charge is -2.07. The third-order valence-electron chi connectivity index (χ3n) is 1.82. The molecule has 0 amide bonds. The Morgan fingerprint density at radius 1 is 1.25 bits per heavy atom. The molecule has 0 aliphatic heterocycles. The largest absolute Gasteiger partial charge is 0.446 e. The molecule has 16 heavy (non-hydrogen) atoms. The van der Waals surface area contributed by atoms with Crippen molar-refractivity contribution in [1.82, 2.24) is 0 Å². The Hall–Kier alpha value is -0.230. The molecule has 1 aromatic rings. The number of hydrogen-bond acceptors (Lipinski definition) is 1. The van der Waals surface area contributed by atoms with E-state index in [4.69, 9.17) is 0 Å². The van der Waals surface area contributed by atoms with Crippen molar-refractivity contribution in [2.45, 2.75) is 23.2 Å². The van der Waals surface area contributed by atoms with E-state index in [-0.39, 0.29) is 4.90 Å². The summed E-state index contributed by atoms with van der Waals surface area (Å²) >= 11 is 2.81. The minimum Gasteiger partial charge on any atom is -0.206 e. The first-order chi connectivity index (χ1) is 7.42. The van der Waals surface area contributed by atoms with Crippen molar-refractivity contribution >= 4 is 27.7 Å². The van der Waals surface area contributed by atoms with Crippen molar-refractivity contribution < 1.29 is 17.6 Å². The van der Waals surface area contributed by atoms with Crippen molar-refractivity contribution in [3.05, 3.63) is 29.6 Å². The SMILES string of the molecule is Fc1cc(CCCBr)ccc1SC(F)(F)F. The first-order valence-corrected chi connectivity index (χ1v) is 6.46. The van der Waals surface area contributed by atoms with Gasteiger partial charge in [-0.05, 0) is 42.3 Å². The van der Waals surface area contributed by atoms with Gasteiger partial charge in [0.1, 0.15) is 5.82 Å². The molecule has 0 saturated heterocycles. The first-order valence-electron chi connectivity index (χ1n) is 4.52. The van der Waals surface area contributed by atoms with Gasteiger partial charge in [-0.1, -0.05) is 22.0 Å². The van der Waals surface area contributed by atoms with Gasteiger partial charge in [-0.3, -0.25) is 0 Å². The van der Waals surface area contributed by atoms with Gasteiger partial charge < -0.3 is 0 Å². The molecule has 0 unspecified atom stereocenters. The summed E-state index contributed by atoms with van der Waals surface area (Å²) in [6, 6.07) is 3.87. The Labute approximate surface area is 104 Å². The molecule has 0 fully saturated rings. The van der Waals surface area contributed by atoms with E-state index >= 15 is 0 Å². The normalized spacial score (nSPS) is 11.8. The zero-order chi connectivity index (χ0) is 12.2. The molecule has 0 spiro atoms. The second kappa shape index (κ2) is 5.91. The third kappa shape index (κ3) is 4.74. The maximum Gasteiger partial charge on any atom is 0.446 e. The molecule has 1 aromatic carbocycles. The van der Waals surface area contributed by atoms with E-state index < -0.39 is 23.1 Å². The van der Waals surface area contributed by atoms with Crippen LogP contribution < -0.4 is 0 Å². The second-order valence-electron chi connectivity index (χ2n) is 3.11. The smallest absolute Gasteiger partial charge is 0.206 e. The molecule has 0 aromatic heterocycles. The number of aryl methyl sites for hydroxylation is 1. The molecule has 0 bridgehead atoms. The predicted octanol–water partition coefficient (Wildman–Crippen LogP) is 4.77. The summed E-state index contributed by atoms with van der Waals surface area (Å²) < 4.78 is 49.3. The fourth-order valence-corrected chi connectivity index (χ4v) is 2.00. The van der Waals surface area contributed by atoms with Crippen molar-refractivity contribution in [1.29, 1.82) is 0 Å². The maximum atomic E-state index is 13.3. The maximum absolute atomic E-state index is 13.3. The fourth-order valence-electron chi connectivity index (χ4n) is 1.18. The number of rotatable bonds is 4. The second-order valence-corrected chi connectivity index (χ2v) is 5.00. The molecule has 0 aliphatic rings. The summed E-state index contributed by atoms with van der Waals surface area (Å²) in [6.07, 6.45) is 1.48. The molecule has 0 heterocycles. The highest BCUT2D eigenvalue weighted by molar-refractivity contribution is 9.09. The summed E-state index contributed by atoms with van der Waals surface area (Å²) in [7, 11) is 0. The van der Waals surface area contributed by atoms with Gasteiger partial charge in [0.2, 0.25) is 0 Å². The highest BCUT2D eigenvalue weighted by Gasteiger charge is 2.30. The third-order valence-corrected chi connectivity index (χ3v) is 3.16. The van der Waals surface area contributed by atoms with E-state index in [2.05, 4.69) is 15.9 Å². The number of benzene rings is 1. The Bertz CT molecular complexity index is 351. The lowest BCUT2D eigenvalue weighted by molar-refractivity contribution is -0.0329. The molecule has 1 rings (SSSR count). The zero-order valence-corrected chi connectivity index (χ0v) is 10.6. The first kappa shape index (κ1) is 13.8.